The van der Waals surface area contributed by atoms with E-state index in [9.17, 15) is 4.79 Å². The van der Waals surface area contributed by atoms with E-state index < -0.39 is 6.04 Å². The minimum Gasteiger partial charge on any atom is -0.381 e. The van der Waals surface area contributed by atoms with Crippen LogP contribution in [0.25, 0.3) is 0 Å². The van der Waals surface area contributed by atoms with Crippen molar-refractivity contribution in [3.63, 3.8) is 0 Å². The van der Waals surface area contributed by atoms with Crippen LogP contribution in [0.4, 0.5) is 0 Å². The highest BCUT2D eigenvalue weighted by molar-refractivity contribution is 5.81. The van der Waals surface area contributed by atoms with Gasteiger partial charge in [0, 0.05) is 38.7 Å². The van der Waals surface area contributed by atoms with Crippen LogP contribution in [0.5, 0.6) is 0 Å². The molecule has 2 rings (SSSR count). The number of hydrogen-bond donors (Lipinski definition) is 2. The molecule has 1 amide bonds. The first-order chi connectivity index (χ1) is 9.66. The zero-order valence-corrected chi connectivity index (χ0v) is 12.0. The van der Waals surface area contributed by atoms with Gasteiger partial charge >= 0.3 is 0 Å². The van der Waals surface area contributed by atoms with Gasteiger partial charge in [-0.3, -0.25) is 9.48 Å². The van der Waals surface area contributed by atoms with Crippen LogP contribution in [-0.4, -0.2) is 41.5 Å². The van der Waals surface area contributed by atoms with E-state index in [2.05, 4.69) is 17.3 Å². The topological polar surface area (TPSA) is 82.2 Å². The molecule has 0 saturated carbocycles. The van der Waals surface area contributed by atoms with Gasteiger partial charge in [-0.2, -0.15) is 5.10 Å². The molecule has 20 heavy (non-hydrogen) atoms. The third-order valence-electron chi connectivity index (χ3n) is 3.76. The molecule has 6 heteroatoms. The predicted octanol–water partition coefficient (Wildman–Crippen LogP) is 0.389. The minimum absolute atomic E-state index is 0.0517. The Morgan fingerprint density at radius 2 is 2.30 bits per heavy atom. The summed E-state index contributed by atoms with van der Waals surface area (Å²) in [5, 5.41) is 7.10. The van der Waals surface area contributed by atoms with Crippen molar-refractivity contribution in [2.45, 2.75) is 32.4 Å². The lowest BCUT2D eigenvalue weighted by Gasteiger charge is -2.27. The first-order valence-electron chi connectivity index (χ1n) is 7.25. The van der Waals surface area contributed by atoms with Crippen molar-refractivity contribution >= 4 is 5.91 Å². The highest BCUT2D eigenvalue weighted by Crippen LogP contribution is 2.17. The molecule has 1 saturated heterocycles. The SMILES string of the molecule is CC(CNC(=O)C(N)C1CCOCC1)Cn1cccn1. The number of nitrogens with one attached hydrogen (secondary N) is 1. The lowest BCUT2D eigenvalue weighted by atomic mass is 9.92. The van der Waals surface area contributed by atoms with Gasteiger partial charge in [0.05, 0.1) is 6.04 Å². The van der Waals surface area contributed by atoms with Gasteiger partial charge in [-0.25, -0.2) is 0 Å². The molecule has 1 aromatic heterocycles. The maximum atomic E-state index is 12.0. The summed E-state index contributed by atoms with van der Waals surface area (Å²) in [5.41, 5.74) is 6.03. The fourth-order valence-corrected chi connectivity index (χ4v) is 2.47. The van der Waals surface area contributed by atoms with Crippen LogP contribution in [0.2, 0.25) is 0 Å². The molecule has 0 bridgehead atoms. The van der Waals surface area contributed by atoms with Gasteiger partial charge in [-0.1, -0.05) is 6.92 Å². The maximum Gasteiger partial charge on any atom is 0.237 e. The van der Waals surface area contributed by atoms with Crippen molar-refractivity contribution in [2.75, 3.05) is 19.8 Å². The molecule has 6 nitrogen and oxygen atoms in total. The molecule has 1 fully saturated rings. The first-order valence-corrected chi connectivity index (χ1v) is 7.25. The van der Waals surface area contributed by atoms with Crippen LogP contribution in [0.1, 0.15) is 19.8 Å². The largest absolute Gasteiger partial charge is 0.381 e. The van der Waals surface area contributed by atoms with E-state index in [0.29, 0.717) is 25.7 Å². The maximum absolute atomic E-state index is 12.0. The van der Waals surface area contributed by atoms with Crippen molar-refractivity contribution in [1.29, 1.82) is 0 Å². The van der Waals surface area contributed by atoms with E-state index in [1.165, 1.54) is 0 Å². The molecule has 1 aliphatic rings. The second kappa shape index (κ2) is 7.40. The third kappa shape index (κ3) is 4.31. The van der Waals surface area contributed by atoms with Crippen molar-refractivity contribution in [2.24, 2.45) is 17.6 Å². The molecule has 0 radical (unpaired) electrons. The molecular weight excluding hydrogens is 256 g/mol. The Kier molecular flexibility index (Phi) is 5.55. The number of nitrogens with zero attached hydrogens (tertiary/aromatic N) is 2. The summed E-state index contributed by atoms with van der Waals surface area (Å²) >= 11 is 0. The molecule has 2 atom stereocenters. The van der Waals surface area contributed by atoms with E-state index in [-0.39, 0.29) is 11.8 Å². The Hall–Kier alpha value is -1.40. The van der Waals surface area contributed by atoms with Gasteiger partial charge in [0.1, 0.15) is 0 Å². The Labute approximate surface area is 119 Å². The molecule has 1 aromatic rings. The first kappa shape index (κ1) is 15.0. The molecular formula is C14H24N4O2. The fraction of sp³-hybridized carbons (Fsp3) is 0.714. The number of hydrogen-bond acceptors (Lipinski definition) is 4. The van der Waals surface area contributed by atoms with Crippen LogP contribution in [0.3, 0.4) is 0 Å². The number of aromatic nitrogens is 2. The van der Waals surface area contributed by atoms with Gasteiger partial charge in [-0.15, -0.1) is 0 Å². The number of ether oxygens (including phenoxy) is 1. The normalized spacial score (nSPS) is 19.5. The Morgan fingerprint density at radius 3 is 2.95 bits per heavy atom. The number of rotatable bonds is 6. The van der Waals surface area contributed by atoms with E-state index in [1.807, 2.05) is 16.9 Å². The molecule has 0 spiro atoms. The van der Waals surface area contributed by atoms with Crippen LogP contribution < -0.4 is 11.1 Å². The summed E-state index contributed by atoms with van der Waals surface area (Å²) in [4.78, 5) is 12.0. The second-order valence-corrected chi connectivity index (χ2v) is 5.55. The fourth-order valence-electron chi connectivity index (χ4n) is 2.47. The van der Waals surface area contributed by atoms with Gasteiger partial charge in [0.25, 0.3) is 0 Å². The van der Waals surface area contributed by atoms with Crippen LogP contribution in [0, 0.1) is 11.8 Å². The zero-order chi connectivity index (χ0) is 14.4. The summed E-state index contributed by atoms with van der Waals surface area (Å²) < 4.78 is 7.16. The minimum atomic E-state index is -0.421. The average molecular weight is 280 g/mol. The number of nitrogens with two attached hydrogens (primary N) is 1. The summed E-state index contributed by atoms with van der Waals surface area (Å²) in [6.45, 7) is 4.92. The molecule has 112 valence electrons. The van der Waals surface area contributed by atoms with Crippen LogP contribution >= 0.6 is 0 Å². The van der Waals surface area contributed by atoms with Crippen molar-refractivity contribution in [3.8, 4) is 0 Å². The number of carbonyl (C=O) groups is 1. The summed E-state index contributed by atoms with van der Waals surface area (Å²) in [6.07, 6.45) is 5.42. The van der Waals surface area contributed by atoms with E-state index in [4.69, 9.17) is 10.5 Å². The average Bonchev–Trinajstić information content (AvgIpc) is 2.97. The molecule has 0 aromatic carbocycles. The number of amides is 1. The lowest BCUT2D eigenvalue weighted by Crippen LogP contribution is -2.48. The van der Waals surface area contributed by atoms with E-state index >= 15 is 0 Å². The Balaban J connectivity index is 1.70. The van der Waals surface area contributed by atoms with Gasteiger partial charge in [-0.05, 0) is 30.7 Å². The van der Waals surface area contributed by atoms with Crippen LogP contribution in [0.15, 0.2) is 18.5 Å². The van der Waals surface area contributed by atoms with Crippen molar-refractivity contribution in [3.05, 3.63) is 18.5 Å². The van der Waals surface area contributed by atoms with Crippen molar-refractivity contribution in [1.82, 2.24) is 15.1 Å². The lowest BCUT2D eigenvalue weighted by molar-refractivity contribution is -0.124. The van der Waals surface area contributed by atoms with E-state index in [1.54, 1.807) is 6.20 Å². The molecule has 0 aliphatic carbocycles. The Morgan fingerprint density at radius 1 is 1.55 bits per heavy atom. The number of carbonyl (C=O) groups excluding carboxylic acids is 1. The summed E-state index contributed by atoms with van der Waals surface area (Å²) in [7, 11) is 0. The predicted molar refractivity (Wildman–Crippen MR) is 75.9 cm³/mol. The van der Waals surface area contributed by atoms with Crippen molar-refractivity contribution < 1.29 is 9.53 Å². The standard InChI is InChI=1S/C14H24N4O2/c1-11(10-18-6-2-5-17-18)9-16-14(19)13(15)12-3-7-20-8-4-12/h2,5-6,11-13H,3-4,7-10,15H2,1H3,(H,16,19). The van der Waals surface area contributed by atoms with Gasteiger partial charge < -0.3 is 15.8 Å². The highest BCUT2D eigenvalue weighted by atomic mass is 16.5. The highest BCUT2D eigenvalue weighted by Gasteiger charge is 2.26. The van der Waals surface area contributed by atoms with Gasteiger partial charge in [0.2, 0.25) is 5.91 Å². The molecule has 1 aliphatic heterocycles. The molecule has 3 N–H and O–H groups in total. The van der Waals surface area contributed by atoms with E-state index in [0.717, 1.165) is 19.4 Å². The Bertz CT molecular complexity index is 401. The quantitative estimate of drug-likeness (QED) is 0.789. The van der Waals surface area contributed by atoms with Crippen LogP contribution in [-0.2, 0) is 16.1 Å². The summed E-state index contributed by atoms with van der Waals surface area (Å²) in [6, 6.07) is 1.47. The van der Waals surface area contributed by atoms with Gasteiger partial charge in [0.15, 0.2) is 0 Å². The molecule has 2 heterocycles. The monoisotopic (exact) mass is 280 g/mol. The third-order valence-corrected chi connectivity index (χ3v) is 3.76. The second-order valence-electron chi connectivity index (χ2n) is 5.55. The molecule has 2 unspecified atom stereocenters. The zero-order valence-electron chi connectivity index (χ0n) is 12.0. The summed E-state index contributed by atoms with van der Waals surface area (Å²) in [5.74, 6) is 0.509. The smallest absolute Gasteiger partial charge is 0.237 e.